The first kappa shape index (κ1) is 13.4. The van der Waals surface area contributed by atoms with Crippen molar-refractivity contribution in [2.45, 2.75) is 33.7 Å². The SMILES string of the molecule is CC(N(C)C(=O)c1cncc(N)n1)C(C)(C)C. The van der Waals surface area contributed by atoms with E-state index >= 15 is 0 Å². The van der Waals surface area contributed by atoms with E-state index in [1.54, 1.807) is 11.9 Å². The quantitative estimate of drug-likeness (QED) is 0.846. The highest BCUT2D eigenvalue weighted by Gasteiger charge is 2.28. The highest BCUT2D eigenvalue weighted by Crippen LogP contribution is 2.23. The van der Waals surface area contributed by atoms with Crippen LogP contribution in [-0.4, -0.2) is 33.9 Å². The Balaban J connectivity index is 2.91. The van der Waals surface area contributed by atoms with Crippen LogP contribution in [-0.2, 0) is 0 Å². The third-order valence-corrected chi connectivity index (χ3v) is 3.03. The van der Waals surface area contributed by atoms with Crippen molar-refractivity contribution in [3.63, 3.8) is 0 Å². The number of carbonyl (C=O) groups excluding carboxylic acids is 1. The number of nitrogen functional groups attached to an aromatic ring is 1. The third-order valence-electron chi connectivity index (χ3n) is 3.03. The van der Waals surface area contributed by atoms with E-state index in [4.69, 9.17) is 5.73 Å². The van der Waals surface area contributed by atoms with Gasteiger partial charge in [-0.1, -0.05) is 20.8 Å². The fourth-order valence-electron chi connectivity index (χ4n) is 1.42. The average Bonchev–Trinajstić information content (AvgIpc) is 2.25. The highest BCUT2D eigenvalue weighted by atomic mass is 16.2. The molecule has 2 N–H and O–H groups in total. The predicted octanol–water partition coefficient (Wildman–Crippen LogP) is 1.57. The number of anilines is 1. The maximum absolute atomic E-state index is 12.2. The second kappa shape index (κ2) is 4.69. The lowest BCUT2D eigenvalue weighted by molar-refractivity contribution is 0.0623. The van der Waals surface area contributed by atoms with Crippen LogP contribution < -0.4 is 5.73 Å². The van der Waals surface area contributed by atoms with Gasteiger partial charge in [-0.05, 0) is 12.3 Å². The zero-order chi connectivity index (χ0) is 13.2. The molecule has 0 saturated carbocycles. The van der Waals surface area contributed by atoms with Gasteiger partial charge in [0.25, 0.3) is 5.91 Å². The van der Waals surface area contributed by atoms with Gasteiger partial charge in [-0.3, -0.25) is 9.78 Å². The van der Waals surface area contributed by atoms with Crippen LogP contribution in [0.4, 0.5) is 5.82 Å². The summed E-state index contributed by atoms with van der Waals surface area (Å²) >= 11 is 0. The second-order valence-corrected chi connectivity index (χ2v) is 5.29. The molecule has 0 spiro atoms. The van der Waals surface area contributed by atoms with Gasteiger partial charge >= 0.3 is 0 Å². The number of nitrogens with zero attached hydrogens (tertiary/aromatic N) is 3. The zero-order valence-electron chi connectivity index (χ0n) is 11.1. The van der Waals surface area contributed by atoms with Gasteiger partial charge in [0.15, 0.2) is 0 Å². The molecule has 17 heavy (non-hydrogen) atoms. The van der Waals surface area contributed by atoms with Crippen LogP contribution in [0.25, 0.3) is 0 Å². The van der Waals surface area contributed by atoms with Crippen LogP contribution >= 0.6 is 0 Å². The number of carbonyl (C=O) groups is 1. The van der Waals surface area contributed by atoms with Crippen molar-refractivity contribution >= 4 is 11.7 Å². The molecular weight excluding hydrogens is 216 g/mol. The summed E-state index contributed by atoms with van der Waals surface area (Å²) in [5.74, 6) is 0.0971. The molecule has 0 aliphatic rings. The van der Waals surface area contributed by atoms with Crippen LogP contribution in [0.1, 0.15) is 38.2 Å². The van der Waals surface area contributed by atoms with Gasteiger partial charge in [0.2, 0.25) is 0 Å². The van der Waals surface area contributed by atoms with Gasteiger partial charge in [-0.25, -0.2) is 4.98 Å². The standard InChI is InChI=1S/C12H20N4O/c1-8(12(2,3)4)16(5)11(17)9-6-14-7-10(13)15-9/h6-8H,1-5H3,(H2,13,15). The largest absolute Gasteiger partial charge is 0.382 e. The Bertz CT molecular complexity index is 411. The van der Waals surface area contributed by atoms with Gasteiger partial charge < -0.3 is 10.6 Å². The van der Waals surface area contributed by atoms with E-state index in [1.807, 2.05) is 6.92 Å². The molecule has 1 aromatic heterocycles. The summed E-state index contributed by atoms with van der Waals surface area (Å²) in [6, 6.07) is 0.0956. The molecule has 1 atom stereocenters. The van der Waals surface area contributed by atoms with Gasteiger partial charge in [0.05, 0.1) is 12.4 Å². The summed E-state index contributed by atoms with van der Waals surface area (Å²) in [7, 11) is 1.77. The molecule has 5 nitrogen and oxygen atoms in total. The van der Waals surface area contributed by atoms with E-state index in [2.05, 4.69) is 30.7 Å². The number of hydrogen-bond acceptors (Lipinski definition) is 4. The Morgan fingerprint density at radius 2 is 2.00 bits per heavy atom. The minimum absolute atomic E-state index is 0.0121. The number of nitrogens with two attached hydrogens (primary N) is 1. The molecule has 1 aromatic rings. The van der Waals surface area contributed by atoms with E-state index in [0.717, 1.165) is 0 Å². The van der Waals surface area contributed by atoms with Crippen molar-refractivity contribution in [2.75, 3.05) is 12.8 Å². The number of amides is 1. The smallest absolute Gasteiger partial charge is 0.274 e. The van der Waals surface area contributed by atoms with Crippen LogP contribution in [0.5, 0.6) is 0 Å². The van der Waals surface area contributed by atoms with Gasteiger partial charge in [0, 0.05) is 13.1 Å². The van der Waals surface area contributed by atoms with E-state index in [1.165, 1.54) is 12.4 Å². The Morgan fingerprint density at radius 3 is 2.47 bits per heavy atom. The average molecular weight is 236 g/mol. The molecule has 0 fully saturated rings. The Kier molecular flexibility index (Phi) is 3.70. The summed E-state index contributed by atoms with van der Waals surface area (Å²) in [5, 5.41) is 0. The Morgan fingerprint density at radius 1 is 1.41 bits per heavy atom. The third kappa shape index (κ3) is 3.15. The number of rotatable bonds is 2. The minimum Gasteiger partial charge on any atom is -0.382 e. The maximum Gasteiger partial charge on any atom is 0.274 e. The van der Waals surface area contributed by atoms with Crippen LogP contribution in [0.2, 0.25) is 0 Å². The van der Waals surface area contributed by atoms with Gasteiger partial charge in [0.1, 0.15) is 11.5 Å². The van der Waals surface area contributed by atoms with Gasteiger partial charge in [-0.15, -0.1) is 0 Å². The summed E-state index contributed by atoms with van der Waals surface area (Å²) in [6.07, 6.45) is 2.86. The van der Waals surface area contributed by atoms with E-state index in [9.17, 15) is 4.79 Å². The maximum atomic E-state index is 12.2. The molecule has 5 heteroatoms. The van der Waals surface area contributed by atoms with Crippen LogP contribution in [0, 0.1) is 5.41 Å². The lowest BCUT2D eigenvalue weighted by atomic mass is 9.87. The molecule has 0 saturated heterocycles. The molecule has 0 aliphatic heterocycles. The molecule has 94 valence electrons. The first-order valence-corrected chi connectivity index (χ1v) is 5.58. The normalized spacial score (nSPS) is 13.2. The molecule has 1 rings (SSSR count). The lowest BCUT2D eigenvalue weighted by Crippen LogP contribution is -2.43. The monoisotopic (exact) mass is 236 g/mol. The molecule has 1 heterocycles. The van der Waals surface area contributed by atoms with Crippen LogP contribution in [0.3, 0.4) is 0 Å². The molecule has 0 aromatic carbocycles. The summed E-state index contributed by atoms with van der Waals surface area (Å²) in [4.78, 5) is 21.7. The molecule has 0 bridgehead atoms. The minimum atomic E-state index is -0.160. The van der Waals surface area contributed by atoms with Crippen molar-refractivity contribution in [3.8, 4) is 0 Å². The Labute approximate surface area is 102 Å². The zero-order valence-corrected chi connectivity index (χ0v) is 11.1. The summed E-state index contributed by atoms with van der Waals surface area (Å²) < 4.78 is 0. The molecule has 1 amide bonds. The highest BCUT2D eigenvalue weighted by molar-refractivity contribution is 5.92. The fraction of sp³-hybridized carbons (Fsp3) is 0.583. The van der Waals surface area contributed by atoms with E-state index in [0.29, 0.717) is 0 Å². The predicted molar refractivity (Wildman–Crippen MR) is 67.5 cm³/mol. The molecule has 0 radical (unpaired) electrons. The van der Waals surface area contributed by atoms with Crippen LogP contribution in [0.15, 0.2) is 12.4 Å². The second-order valence-electron chi connectivity index (χ2n) is 5.29. The van der Waals surface area contributed by atoms with E-state index < -0.39 is 0 Å². The molecule has 0 aliphatic carbocycles. The van der Waals surface area contributed by atoms with Gasteiger partial charge in [-0.2, -0.15) is 0 Å². The van der Waals surface area contributed by atoms with Crippen molar-refractivity contribution in [2.24, 2.45) is 5.41 Å². The summed E-state index contributed by atoms with van der Waals surface area (Å²) in [6.45, 7) is 8.28. The van der Waals surface area contributed by atoms with Crippen molar-refractivity contribution < 1.29 is 4.79 Å². The van der Waals surface area contributed by atoms with Crippen molar-refractivity contribution in [1.29, 1.82) is 0 Å². The number of hydrogen-bond donors (Lipinski definition) is 1. The topological polar surface area (TPSA) is 72.1 Å². The van der Waals surface area contributed by atoms with Crippen molar-refractivity contribution in [3.05, 3.63) is 18.1 Å². The molecule has 1 unspecified atom stereocenters. The number of aromatic nitrogens is 2. The first-order chi connectivity index (χ1) is 7.73. The lowest BCUT2D eigenvalue weighted by Gasteiger charge is -2.35. The van der Waals surface area contributed by atoms with Crippen molar-refractivity contribution in [1.82, 2.24) is 14.9 Å². The summed E-state index contributed by atoms with van der Waals surface area (Å²) in [5.41, 5.74) is 5.81. The fourth-order valence-corrected chi connectivity index (χ4v) is 1.42. The Hall–Kier alpha value is -1.65. The molecular formula is C12H20N4O. The first-order valence-electron chi connectivity index (χ1n) is 5.58. The van der Waals surface area contributed by atoms with E-state index in [-0.39, 0.29) is 28.9 Å².